The fourth-order valence-electron chi connectivity index (χ4n) is 2.33. The van der Waals surface area contributed by atoms with E-state index in [0.717, 1.165) is 10.7 Å². The Labute approximate surface area is 143 Å². The largest absolute Gasteiger partial charge is 0.378 e. The lowest BCUT2D eigenvalue weighted by Crippen LogP contribution is -2.27. The highest BCUT2D eigenvalue weighted by Gasteiger charge is 2.21. The van der Waals surface area contributed by atoms with Gasteiger partial charge in [-0.15, -0.1) is 5.10 Å². The first kappa shape index (κ1) is 16.1. The molecule has 0 aliphatic heterocycles. The van der Waals surface area contributed by atoms with E-state index in [2.05, 4.69) is 25.3 Å². The molecule has 7 nitrogen and oxygen atoms in total. The van der Waals surface area contributed by atoms with Gasteiger partial charge in [0.2, 0.25) is 0 Å². The minimum Gasteiger partial charge on any atom is -0.378 e. The molecule has 1 atom stereocenters. The number of carbonyl (C=O) groups is 1. The third-order valence-electron chi connectivity index (χ3n) is 3.64. The van der Waals surface area contributed by atoms with E-state index in [1.54, 1.807) is 11.7 Å². The van der Waals surface area contributed by atoms with Crippen LogP contribution in [0.4, 0.5) is 5.00 Å². The molecule has 124 valence electrons. The zero-order chi connectivity index (χ0) is 17.1. The van der Waals surface area contributed by atoms with Crippen LogP contribution in [-0.4, -0.2) is 32.3 Å². The highest BCUT2D eigenvalue weighted by molar-refractivity contribution is 7.10. The summed E-state index contributed by atoms with van der Waals surface area (Å²) in [7, 11) is 1.78. The first-order valence-electron chi connectivity index (χ1n) is 7.52. The molecule has 0 saturated carbocycles. The molecule has 3 aromatic rings. The van der Waals surface area contributed by atoms with Crippen molar-refractivity contribution in [2.24, 2.45) is 0 Å². The number of nitrogens with one attached hydrogen (secondary N) is 2. The Morgan fingerprint density at radius 3 is 2.75 bits per heavy atom. The smallest absolute Gasteiger partial charge is 0.256 e. The minimum atomic E-state index is -0.265. The van der Waals surface area contributed by atoms with Gasteiger partial charge in [-0.2, -0.15) is 4.37 Å². The third kappa shape index (κ3) is 3.13. The van der Waals surface area contributed by atoms with E-state index in [1.165, 1.54) is 11.5 Å². The lowest BCUT2D eigenvalue weighted by atomic mass is 10.2. The molecule has 0 radical (unpaired) electrons. The van der Waals surface area contributed by atoms with Crippen LogP contribution >= 0.6 is 11.5 Å². The third-order valence-corrected chi connectivity index (χ3v) is 4.60. The molecule has 1 amide bonds. The average molecular weight is 342 g/mol. The van der Waals surface area contributed by atoms with Crippen LogP contribution in [0.3, 0.4) is 0 Å². The van der Waals surface area contributed by atoms with Gasteiger partial charge in [0.05, 0.1) is 29.2 Å². The molecule has 2 heterocycles. The van der Waals surface area contributed by atoms with Crippen molar-refractivity contribution < 1.29 is 4.79 Å². The molecular formula is C16H18N6OS. The lowest BCUT2D eigenvalue weighted by Gasteiger charge is -2.11. The summed E-state index contributed by atoms with van der Waals surface area (Å²) >= 11 is 1.27. The van der Waals surface area contributed by atoms with E-state index in [1.807, 2.05) is 50.4 Å². The molecule has 8 heteroatoms. The summed E-state index contributed by atoms with van der Waals surface area (Å²) in [5.41, 5.74) is 2.90. The monoisotopic (exact) mass is 342 g/mol. The first-order valence-corrected chi connectivity index (χ1v) is 8.30. The SMILES string of the molecule is CNc1snc(C)c1C(=O)NC(C)c1cn(-c2ccccc2)nn1. The van der Waals surface area contributed by atoms with Crippen molar-refractivity contribution in [3.05, 3.63) is 53.5 Å². The van der Waals surface area contributed by atoms with Gasteiger partial charge in [-0.3, -0.25) is 4.79 Å². The lowest BCUT2D eigenvalue weighted by molar-refractivity contribution is 0.0939. The standard InChI is InChI=1S/C16H18N6OS/c1-10(18-15(23)14-11(2)20-24-16(14)17-3)13-9-22(21-19-13)12-7-5-4-6-8-12/h4-10,17H,1-3H3,(H,18,23). The van der Waals surface area contributed by atoms with Crippen molar-refractivity contribution in [2.45, 2.75) is 19.9 Å². The zero-order valence-electron chi connectivity index (χ0n) is 13.6. The van der Waals surface area contributed by atoms with Crippen LogP contribution in [0.2, 0.25) is 0 Å². The summed E-state index contributed by atoms with van der Waals surface area (Å²) in [6, 6.07) is 9.45. The molecule has 0 bridgehead atoms. The van der Waals surface area contributed by atoms with Gasteiger partial charge < -0.3 is 10.6 Å². The topological polar surface area (TPSA) is 84.7 Å². The number of aromatic nitrogens is 4. The summed E-state index contributed by atoms with van der Waals surface area (Å²) in [6.45, 7) is 3.70. The molecule has 2 N–H and O–H groups in total. The van der Waals surface area contributed by atoms with Gasteiger partial charge in [0.1, 0.15) is 10.7 Å². The van der Waals surface area contributed by atoms with Gasteiger partial charge in [0.25, 0.3) is 5.91 Å². The van der Waals surface area contributed by atoms with Gasteiger partial charge >= 0.3 is 0 Å². The fourth-order valence-corrected chi connectivity index (χ4v) is 3.08. The van der Waals surface area contributed by atoms with E-state index >= 15 is 0 Å². The summed E-state index contributed by atoms with van der Waals surface area (Å²) in [5.74, 6) is -0.174. The number of anilines is 1. The van der Waals surface area contributed by atoms with Gasteiger partial charge in [-0.05, 0) is 37.5 Å². The molecule has 1 unspecified atom stereocenters. The second kappa shape index (κ2) is 6.79. The van der Waals surface area contributed by atoms with Crippen LogP contribution in [-0.2, 0) is 0 Å². The summed E-state index contributed by atoms with van der Waals surface area (Å²) < 4.78 is 5.91. The number of para-hydroxylation sites is 1. The molecule has 3 rings (SSSR count). The normalized spacial score (nSPS) is 12.0. The van der Waals surface area contributed by atoms with Crippen molar-refractivity contribution >= 4 is 22.4 Å². The maximum absolute atomic E-state index is 12.5. The zero-order valence-corrected chi connectivity index (χ0v) is 14.5. The van der Waals surface area contributed by atoms with E-state index < -0.39 is 0 Å². The second-order valence-corrected chi connectivity index (χ2v) is 6.11. The minimum absolute atomic E-state index is 0.174. The Bertz CT molecular complexity index is 841. The van der Waals surface area contributed by atoms with Crippen LogP contribution in [0.15, 0.2) is 36.5 Å². The van der Waals surface area contributed by atoms with Gasteiger partial charge in [-0.1, -0.05) is 23.4 Å². The predicted octanol–water partition coefficient (Wildman–Crippen LogP) is 2.56. The van der Waals surface area contributed by atoms with Crippen molar-refractivity contribution in [2.75, 3.05) is 12.4 Å². The average Bonchev–Trinajstić information content (AvgIpc) is 3.22. The van der Waals surface area contributed by atoms with Crippen LogP contribution < -0.4 is 10.6 Å². The van der Waals surface area contributed by atoms with E-state index in [-0.39, 0.29) is 11.9 Å². The molecule has 2 aromatic heterocycles. The summed E-state index contributed by atoms with van der Waals surface area (Å²) in [6.07, 6.45) is 1.82. The highest BCUT2D eigenvalue weighted by atomic mass is 32.1. The van der Waals surface area contributed by atoms with Gasteiger partial charge in [0, 0.05) is 7.05 Å². The van der Waals surface area contributed by atoms with Crippen molar-refractivity contribution in [1.82, 2.24) is 24.7 Å². The molecule has 24 heavy (non-hydrogen) atoms. The number of amides is 1. The number of rotatable bonds is 5. The van der Waals surface area contributed by atoms with Crippen molar-refractivity contribution in [3.8, 4) is 5.69 Å². The Morgan fingerprint density at radius 2 is 2.04 bits per heavy atom. The van der Waals surface area contributed by atoms with Crippen LogP contribution in [0.1, 0.15) is 34.7 Å². The van der Waals surface area contributed by atoms with E-state index in [0.29, 0.717) is 17.0 Å². The van der Waals surface area contributed by atoms with E-state index in [9.17, 15) is 4.79 Å². The van der Waals surface area contributed by atoms with Gasteiger partial charge in [-0.25, -0.2) is 4.68 Å². The summed E-state index contributed by atoms with van der Waals surface area (Å²) in [5, 5.41) is 15.0. The number of hydrogen-bond acceptors (Lipinski definition) is 6. The molecule has 0 aliphatic carbocycles. The fraction of sp³-hybridized carbons (Fsp3) is 0.250. The number of nitrogens with zero attached hydrogens (tertiary/aromatic N) is 4. The Morgan fingerprint density at radius 1 is 1.29 bits per heavy atom. The van der Waals surface area contributed by atoms with Crippen LogP contribution in [0.5, 0.6) is 0 Å². The molecule has 0 fully saturated rings. The first-order chi connectivity index (χ1) is 11.6. The van der Waals surface area contributed by atoms with Gasteiger partial charge in [0.15, 0.2) is 0 Å². The second-order valence-electron chi connectivity index (χ2n) is 5.34. The summed E-state index contributed by atoms with van der Waals surface area (Å²) in [4.78, 5) is 12.5. The maximum Gasteiger partial charge on any atom is 0.256 e. The number of aryl methyl sites for hydroxylation is 1. The molecule has 0 saturated heterocycles. The Balaban J connectivity index is 1.76. The Hall–Kier alpha value is -2.74. The van der Waals surface area contributed by atoms with Crippen molar-refractivity contribution in [1.29, 1.82) is 0 Å². The maximum atomic E-state index is 12.5. The molecule has 1 aromatic carbocycles. The molecule has 0 spiro atoms. The number of hydrogen-bond donors (Lipinski definition) is 2. The highest BCUT2D eigenvalue weighted by Crippen LogP contribution is 2.24. The van der Waals surface area contributed by atoms with Crippen LogP contribution in [0, 0.1) is 6.92 Å². The van der Waals surface area contributed by atoms with Crippen molar-refractivity contribution in [3.63, 3.8) is 0 Å². The Kier molecular flexibility index (Phi) is 4.57. The molecular weight excluding hydrogens is 324 g/mol. The number of carbonyl (C=O) groups excluding carboxylic acids is 1. The van der Waals surface area contributed by atoms with E-state index in [4.69, 9.17) is 0 Å². The molecule has 0 aliphatic rings. The quantitative estimate of drug-likeness (QED) is 0.744. The predicted molar refractivity (Wildman–Crippen MR) is 93.6 cm³/mol. The number of benzene rings is 1. The van der Waals surface area contributed by atoms with Crippen LogP contribution in [0.25, 0.3) is 5.69 Å².